The Morgan fingerprint density at radius 2 is 1.95 bits per heavy atom. The van der Waals surface area contributed by atoms with Crippen LogP contribution < -0.4 is 15.4 Å². The van der Waals surface area contributed by atoms with Crippen molar-refractivity contribution < 1.29 is 23.6 Å². The Kier molecular flexibility index (Phi) is 5.98. The van der Waals surface area contributed by atoms with Gasteiger partial charge in [0.25, 0.3) is 5.91 Å². The summed E-state index contributed by atoms with van der Waals surface area (Å²) in [6.07, 6.45) is 5.14. The number of hydrogen-bond acceptors (Lipinski definition) is 7. The first-order chi connectivity index (χ1) is 18.0. The fraction of sp³-hybridized carbons (Fsp3) is 0.481. The van der Waals surface area contributed by atoms with Gasteiger partial charge in [-0.2, -0.15) is 5.10 Å². The van der Waals surface area contributed by atoms with Gasteiger partial charge < -0.3 is 19.3 Å². The molecule has 2 atom stereocenters. The minimum Gasteiger partial charge on any atom is -0.493 e. The van der Waals surface area contributed by atoms with Gasteiger partial charge in [-0.1, -0.05) is 23.4 Å². The van der Waals surface area contributed by atoms with E-state index in [1.807, 2.05) is 31.2 Å². The second-order valence-electron chi connectivity index (χ2n) is 10.4. The summed E-state index contributed by atoms with van der Waals surface area (Å²) in [7, 11) is 1.70. The maximum absolute atomic E-state index is 14.0. The Balaban J connectivity index is 1.33. The molecule has 0 bridgehead atoms. The van der Waals surface area contributed by atoms with Crippen molar-refractivity contribution in [3.8, 4) is 5.75 Å². The number of fused-ring (bicyclic) bond motifs is 1. The summed E-state index contributed by atoms with van der Waals surface area (Å²) in [4.78, 5) is 27.3. The van der Waals surface area contributed by atoms with Crippen LogP contribution in [0, 0.1) is 12.3 Å². The molecule has 1 aliphatic carbocycles. The molecule has 3 aliphatic rings. The van der Waals surface area contributed by atoms with Gasteiger partial charge in [-0.05, 0) is 44.7 Å². The largest absolute Gasteiger partial charge is 0.493 e. The maximum Gasteiger partial charge on any atom is 0.270 e. The van der Waals surface area contributed by atoms with Gasteiger partial charge in [-0.3, -0.25) is 19.6 Å². The molecule has 4 heterocycles. The zero-order chi connectivity index (χ0) is 25.6. The van der Waals surface area contributed by atoms with Crippen LogP contribution in [0.5, 0.6) is 5.75 Å². The number of nitrogens with zero attached hydrogens (tertiary/aromatic N) is 3. The zero-order valence-electron chi connectivity index (χ0n) is 21.0. The van der Waals surface area contributed by atoms with Crippen molar-refractivity contribution in [2.45, 2.75) is 50.5 Å². The predicted octanol–water partition coefficient (Wildman–Crippen LogP) is 3.30. The summed E-state index contributed by atoms with van der Waals surface area (Å²) in [6, 6.07) is 8.53. The van der Waals surface area contributed by atoms with Gasteiger partial charge in [-0.15, -0.1) is 0 Å². The lowest BCUT2D eigenvalue weighted by Gasteiger charge is -2.38. The first-order valence-electron chi connectivity index (χ1n) is 12.8. The van der Waals surface area contributed by atoms with Crippen molar-refractivity contribution >= 4 is 17.7 Å². The highest BCUT2D eigenvalue weighted by atomic mass is 16.5. The second kappa shape index (κ2) is 9.33. The third-order valence-corrected chi connectivity index (χ3v) is 8.08. The van der Waals surface area contributed by atoms with Gasteiger partial charge in [0.05, 0.1) is 12.3 Å². The summed E-state index contributed by atoms with van der Waals surface area (Å²) in [5, 5.41) is 14.4. The topological polar surface area (TPSA) is 121 Å². The number of anilines is 1. The van der Waals surface area contributed by atoms with Crippen molar-refractivity contribution in [1.29, 1.82) is 0 Å². The van der Waals surface area contributed by atoms with Crippen LogP contribution in [-0.4, -0.2) is 52.6 Å². The van der Waals surface area contributed by atoms with Crippen molar-refractivity contribution in [2.24, 2.45) is 12.5 Å². The molecule has 1 spiro atoms. The minimum atomic E-state index is -0.856. The van der Waals surface area contributed by atoms with Crippen LogP contribution in [0.1, 0.15) is 64.8 Å². The second-order valence-corrected chi connectivity index (χ2v) is 10.4. The van der Waals surface area contributed by atoms with E-state index in [1.165, 1.54) is 4.68 Å². The predicted molar refractivity (Wildman–Crippen MR) is 133 cm³/mol. The van der Waals surface area contributed by atoms with E-state index in [2.05, 4.69) is 20.9 Å². The Labute approximate surface area is 214 Å². The molecule has 2 amide bonds. The summed E-state index contributed by atoms with van der Waals surface area (Å²) < 4.78 is 18.7. The summed E-state index contributed by atoms with van der Waals surface area (Å²) >= 11 is 0. The minimum absolute atomic E-state index is 0.209. The number of carbonyl (C=O) groups excluding carboxylic acids is 2. The third-order valence-electron chi connectivity index (χ3n) is 8.08. The average Bonchev–Trinajstić information content (AvgIpc) is 3.39. The molecular formula is C27H31N5O5. The molecule has 2 fully saturated rings. The Hall–Kier alpha value is -3.66. The molecule has 2 aromatic heterocycles. The number of amides is 2. The Bertz CT molecular complexity index is 1320. The van der Waals surface area contributed by atoms with Crippen LogP contribution in [0.3, 0.4) is 0 Å². The molecule has 2 aliphatic heterocycles. The van der Waals surface area contributed by atoms with Gasteiger partial charge in [0.2, 0.25) is 11.8 Å². The highest BCUT2D eigenvalue weighted by Crippen LogP contribution is 2.61. The number of benzene rings is 1. The number of ether oxygens (including phenoxy) is 2. The number of carbonyl (C=O) groups is 2. The maximum atomic E-state index is 14.0. The molecule has 1 saturated carbocycles. The van der Waals surface area contributed by atoms with E-state index in [9.17, 15) is 9.59 Å². The fourth-order valence-electron chi connectivity index (χ4n) is 5.78. The standard InChI is InChI=1S/C27H31N5O5/c1-16-22(17-8-13-35-14-9-17)31-37-26(16)30-25(34)23(29-24(33)19-7-12-28-32(19)2)21-18-5-3-4-6-20(18)36-15-27(21)10-11-27/h3-7,12,17,21,23H,8-11,13-15H2,1-2H3,(H,29,33)(H,30,34)/t21?,23-/m0/s1. The number of rotatable bonds is 6. The molecule has 0 radical (unpaired) electrons. The number of nitrogens with one attached hydrogen (secondary N) is 2. The first-order valence-corrected chi connectivity index (χ1v) is 12.8. The SMILES string of the molecule is Cc1c(C2CCOCC2)noc1NC(=O)[C@@H](NC(=O)c1ccnn1C)C1c2ccccc2OCC12CC2. The number of aromatic nitrogens is 3. The summed E-state index contributed by atoms with van der Waals surface area (Å²) in [5.41, 5.74) is 2.75. The van der Waals surface area contributed by atoms with Crippen LogP contribution in [0.25, 0.3) is 0 Å². The molecule has 10 nitrogen and oxygen atoms in total. The van der Waals surface area contributed by atoms with E-state index < -0.39 is 6.04 Å². The van der Waals surface area contributed by atoms with Gasteiger partial charge >= 0.3 is 0 Å². The van der Waals surface area contributed by atoms with Crippen LogP contribution in [0.2, 0.25) is 0 Å². The molecule has 37 heavy (non-hydrogen) atoms. The lowest BCUT2D eigenvalue weighted by molar-refractivity contribution is -0.119. The molecule has 3 aromatic rings. The van der Waals surface area contributed by atoms with Crippen molar-refractivity contribution in [3.05, 3.63) is 59.0 Å². The highest BCUT2D eigenvalue weighted by Gasteiger charge is 2.58. The molecular weight excluding hydrogens is 474 g/mol. The Morgan fingerprint density at radius 1 is 1.16 bits per heavy atom. The van der Waals surface area contributed by atoms with Crippen molar-refractivity contribution in [3.63, 3.8) is 0 Å². The fourth-order valence-corrected chi connectivity index (χ4v) is 5.78. The average molecular weight is 506 g/mol. The van der Waals surface area contributed by atoms with Gasteiger partial charge in [-0.25, -0.2) is 0 Å². The Morgan fingerprint density at radius 3 is 2.68 bits per heavy atom. The highest BCUT2D eigenvalue weighted by molar-refractivity contribution is 6.01. The van der Waals surface area contributed by atoms with E-state index in [-0.39, 0.29) is 29.1 Å². The molecule has 10 heteroatoms. The zero-order valence-corrected chi connectivity index (χ0v) is 21.0. The molecule has 2 N–H and O–H groups in total. The number of hydrogen-bond donors (Lipinski definition) is 2. The molecule has 6 rings (SSSR count). The van der Waals surface area contributed by atoms with Gasteiger partial charge in [0.15, 0.2) is 0 Å². The number of aryl methyl sites for hydroxylation is 1. The van der Waals surface area contributed by atoms with E-state index in [0.717, 1.165) is 48.3 Å². The van der Waals surface area contributed by atoms with E-state index >= 15 is 0 Å². The molecule has 194 valence electrons. The smallest absolute Gasteiger partial charge is 0.270 e. The van der Waals surface area contributed by atoms with E-state index in [1.54, 1.807) is 19.3 Å². The quantitative estimate of drug-likeness (QED) is 0.527. The van der Waals surface area contributed by atoms with E-state index in [4.69, 9.17) is 14.0 Å². The van der Waals surface area contributed by atoms with Crippen molar-refractivity contribution in [1.82, 2.24) is 20.3 Å². The van der Waals surface area contributed by atoms with Gasteiger partial charge in [0.1, 0.15) is 17.5 Å². The van der Waals surface area contributed by atoms with Crippen molar-refractivity contribution in [2.75, 3.05) is 25.1 Å². The first kappa shape index (κ1) is 23.7. The lowest BCUT2D eigenvalue weighted by atomic mass is 9.76. The molecule has 1 unspecified atom stereocenters. The summed E-state index contributed by atoms with van der Waals surface area (Å²) in [6.45, 7) is 3.79. The van der Waals surface area contributed by atoms with Crippen LogP contribution in [0.15, 0.2) is 41.1 Å². The molecule has 1 saturated heterocycles. The lowest BCUT2D eigenvalue weighted by Crippen LogP contribution is -2.52. The van der Waals surface area contributed by atoms with Gasteiger partial charge in [0, 0.05) is 54.8 Å². The van der Waals surface area contributed by atoms with Crippen LogP contribution in [-0.2, 0) is 16.6 Å². The van der Waals surface area contributed by atoms with E-state index in [0.29, 0.717) is 31.4 Å². The monoisotopic (exact) mass is 505 g/mol. The van der Waals surface area contributed by atoms with Crippen LogP contribution >= 0.6 is 0 Å². The number of para-hydroxylation sites is 1. The molecule has 1 aromatic carbocycles. The van der Waals surface area contributed by atoms with Crippen LogP contribution in [0.4, 0.5) is 5.88 Å². The normalized spacial score (nSPS) is 21.1. The third kappa shape index (κ3) is 4.29. The summed E-state index contributed by atoms with van der Waals surface area (Å²) in [5.74, 6) is 0.332.